The van der Waals surface area contributed by atoms with Crippen LogP contribution < -0.4 is 10.2 Å². The van der Waals surface area contributed by atoms with Crippen LogP contribution in [0.1, 0.15) is 36.3 Å². The molecule has 2 aromatic carbocycles. The van der Waals surface area contributed by atoms with Crippen LogP contribution in [0.4, 0.5) is 11.5 Å². The average Bonchev–Trinajstić information content (AvgIpc) is 3.42. The predicted octanol–water partition coefficient (Wildman–Crippen LogP) is 5.20. The molecule has 1 unspecified atom stereocenters. The molecular weight excluding hydrogens is 509 g/mol. The number of carbonyl (C=O) groups is 2. The van der Waals surface area contributed by atoms with E-state index in [9.17, 15) is 9.59 Å². The van der Waals surface area contributed by atoms with E-state index in [1.54, 1.807) is 18.3 Å². The first-order valence-corrected chi connectivity index (χ1v) is 13.4. The van der Waals surface area contributed by atoms with Gasteiger partial charge in [0.1, 0.15) is 0 Å². The first kappa shape index (κ1) is 25.5. The van der Waals surface area contributed by atoms with Crippen molar-refractivity contribution in [2.24, 2.45) is 5.92 Å². The molecule has 2 aliphatic heterocycles. The highest BCUT2D eigenvalue weighted by Gasteiger charge is 2.29. The molecule has 3 aromatic rings. The molecule has 1 atom stereocenters. The first-order valence-electron chi connectivity index (χ1n) is 12.6. The minimum Gasteiger partial charge on any atom is -0.354 e. The van der Waals surface area contributed by atoms with Gasteiger partial charge in [-0.3, -0.25) is 9.59 Å². The van der Waals surface area contributed by atoms with Gasteiger partial charge in [-0.15, -0.1) is 5.10 Å². The zero-order valence-corrected chi connectivity index (χ0v) is 22.0. The molecule has 2 saturated heterocycles. The van der Waals surface area contributed by atoms with Gasteiger partial charge in [0, 0.05) is 48.1 Å². The zero-order chi connectivity index (χ0) is 25.8. The highest BCUT2D eigenvalue weighted by atomic mass is 35.5. The van der Waals surface area contributed by atoms with E-state index in [1.807, 2.05) is 35.2 Å². The summed E-state index contributed by atoms with van der Waals surface area (Å²) >= 11 is 12.2. The van der Waals surface area contributed by atoms with E-state index in [1.165, 1.54) is 5.56 Å². The van der Waals surface area contributed by atoms with Gasteiger partial charge < -0.3 is 15.1 Å². The molecule has 37 heavy (non-hydrogen) atoms. The fourth-order valence-electron chi connectivity index (χ4n) is 5.13. The third-order valence-electron chi connectivity index (χ3n) is 7.30. The molecule has 0 radical (unpaired) electrons. The average molecular weight is 538 g/mol. The van der Waals surface area contributed by atoms with Crippen molar-refractivity contribution in [1.82, 2.24) is 15.1 Å². The van der Waals surface area contributed by atoms with Crippen molar-refractivity contribution in [3.8, 4) is 0 Å². The summed E-state index contributed by atoms with van der Waals surface area (Å²) in [5.41, 5.74) is 2.84. The second-order valence-electron chi connectivity index (χ2n) is 9.69. The van der Waals surface area contributed by atoms with E-state index < -0.39 is 0 Å². The summed E-state index contributed by atoms with van der Waals surface area (Å²) < 4.78 is 0. The minimum absolute atomic E-state index is 0.0340. The molecule has 1 aromatic heterocycles. The highest BCUT2D eigenvalue weighted by Crippen LogP contribution is 2.30. The van der Waals surface area contributed by atoms with Crippen LogP contribution in [0.2, 0.25) is 10.0 Å². The minimum atomic E-state index is -0.0775. The lowest BCUT2D eigenvalue weighted by molar-refractivity contribution is -0.131. The van der Waals surface area contributed by atoms with Gasteiger partial charge in [0.15, 0.2) is 5.82 Å². The van der Waals surface area contributed by atoms with E-state index in [2.05, 4.69) is 32.5 Å². The Balaban J connectivity index is 1.10. The molecule has 7 nitrogen and oxygen atoms in total. The van der Waals surface area contributed by atoms with Crippen LogP contribution in [-0.2, 0) is 16.0 Å². The van der Waals surface area contributed by atoms with Gasteiger partial charge in [-0.2, -0.15) is 5.10 Å². The number of halogens is 2. The Hall–Kier alpha value is -3.16. The number of hydrogen-bond acceptors (Lipinski definition) is 5. The number of piperidine rings is 1. The van der Waals surface area contributed by atoms with Crippen molar-refractivity contribution in [2.75, 3.05) is 36.4 Å². The summed E-state index contributed by atoms with van der Waals surface area (Å²) in [5.74, 6) is 1.25. The van der Waals surface area contributed by atoms with Crippen molar-refractivity contribution in [2.45, 2.75) is 31.6 Å². The quantitative estimate of drug-likeness (QED) is 0.467. The molecule has 2 amide bonds. The molecule has 0 spiro atoms. The molecule has 0 aliphatic carbocycles. The van der Waals surface area contributed by atoms with Crippen molar-refractivity contribution >= 4 is 46.5 Å². The third-order valence-corrected chi connectivity index (χ3v) is 7.88. The highest BCUT2D eigenvalue weighted by molar-refractivity contribution is 6.35. The topological polar surface area (TPSA) is 78.4 Å². The van der Waals surface area contributed by atoms with Crippen LogP contribution in [-0.4, -0.2) is 53.1 Å². The summed E-state index contributed by atoms with van der Waals surface area (Å²) in [5, 5.41) is 12.2. The number of carbonyl (C=O) groups excluding carboxylic acids is 2. The monoisotopic (exact) mass is 537 g/mol. The summed E-state index contributed by atoms with van der Waals surface area (Å²) in [6.45, 7) is 2.88. The molecule has 2 aliphatic rings. The van der Waals surface area contributed by atoms with Crippen LogP contribution in [0.15, 0.2) is 60.8 Å². The Bertz CT molecular complexity index is 1250. The standard InChI is InChI=1S/C28H29Cl2N5O2/c29-23-6-3-21(25(30)17-23)16-27(36)34-13-9-20(10-14-34)19-4-7-24(8-5-19)32-28(37)22-11-15-35(18-22)26-2-1-12-31-33-26/h1-8,12,17,20,22H,9-11,13-16,18H2,(H,32,37). The molecule has 2 fully saturated rings. The van der Waals surface area contributed by atoms with Gasteiger partial charge in [0.2, 0.25) is 11.8 Å². The molecule has 0 bridgehead atoms. The summed E-state index contributed by atoms with van der Waals surface area (Å²) in [6, 6.07) is 17.2. The van der Waals surface area contributed by atoms with Crippen LogP contribution >= 0.6 is 23.2 Å². The first-order chi connectivity index (χ1) is 18.0. The second-order valence-corrected chi connectivity index (χ2v) is 10.5. The summed E-state index contributed by atoms with van der Waals surface area (Å²) in [4.78, 5) is 29.6. The molecule has 1 N–H and O–H groups in total. The van der Waals surface area contributed by atoms with Gasteiger partial charge in [0.05, 0.1) is 12.3 Å². The zero-order valence-electron chi connectivity index (χ0n) is 20.4. The van der Waals surface area contributed by atoms with Crippen molar-refractivity contribution in [3.63, 3.8) is 0 Å². The fraction of sp³-hybridized carbons (Fsp3) is 0.357. The Morgan fingerprint density at radius 2 is 1.76 bits per heavy atom. The predicted molar refractivity (Wildman–Crippen MR) is 146 cm³/mol. The van der Waals surface area contributed by atoms with Crippen LogP contribution in [0.25, 0.3) is 0 Å². The number of anilines is 2. The van der Waals surface area contributed by atoms with Crippen molar-refractivity contribution in [3.05, 3.63) is 82.0 Å². The van der Waals surface area contributed by atoms with E-state index in [-0.39, 0.29) is 24.2 Å². The van der Waals surface area contributed by atoms with Crippen molar-refractivity contribution < 1.29 is 9.59 Å². The number of aromatic nitrogens is 2. The van der Waals surface area contributed by atoms with Crippen molar-refractivity contribution in [1.29, 1.82) is 0 Å². The van der Waals surface area contributed by atoms with Crippen LogP contribution in [0, 0.1) is 5.92 Å². The second kappa shape index (κ2) is 11.5. The third kappa shape index (κ3) is 6.22. The summed E-state index contributed by atoms with van der Waals surface area (Å²) in [6.07, 6.45) is 4.54. The molecule has 192 valence electrons. The number of likely N-dealkylation sites (tertiary alicyclic amines) is 1. The van der Waals surface area contributed by atoms with Gasteiger partial charge in [-0.1, -0.05) is 41.4 Å². The number of benzene rings is 2. The van der Waals surface area contributed by atoms with Crippen LogP contribution in [0.5, 0.6) is 0 Å². The number of nitrogens with zero attached hydrogens (tertiary/aromatic N) is 4. The lowest BCUT2D eigenvalue weighted by atomic mass is 9.89. The normalized spacial score (nSPS) is 18.2. The Morgan fingerprint density at radius 1 is 0.973 bits per heavy atom. The van der Waals surface area contributed by atoms with Gasteiger partial charge in [-0.05, 0) is 72.7 Å². The number of amides is 2. The lowest BCUT2D eigenvalue weighted by Gasteiger charge is -2.32. The SMILES string of the molecule is O=C(Nc1ccc(C2CCN(C(=O)Cc3ccc(Cl)cc3Cl)CC2)cc1)C1CCN(c2cccnn2)C1. The maximum absolute atomic E-state index is 12.8. The number of rotatable bonds is 6. The fourth-order valence-corrected chi connectivity index (χ4v) is 5.60. The maximum Gasteiger partial charge on any atom is 0.229 e. The van der Waals surface area contributed by atoms with E-state index in [0.29, 0.717) is 22.5 Å². The largest absolute Gasteiger partial charge is 0.354 e. The van der Waals surface area contributed by atoms with E-state index >= 15 is 0 Å². The molecule has 5 rings (SSSR count). The lowest BCUT2D eigenvalue weighted by Crippen LogP contribution is -2.38. The molecule has 3 heterocycles. The Labute approximate surface area is 226 Å². The molecular formula is C28H29Cl2N5O2. The van der Waals surface area contributed by atoms with Gasteiger partial charge in [-0.25, -0.2) is 0 Å². The molecule has 9 heteroatoms. The smallest absolute Gasteiger partial charge is 0.229 e. The molecule has 0 saturated carbocycles. The van der Waals surface area contributed by atoms with E-state index in [4.69, 9.17) is 23.2 Å². The van der Waals surface area contributed by atoms with Crippen LogP contribution in [0.3, 0.4) is 0 Å². The van der Waals surface area contributed by atoms with Gasteiger partial charge >= 0.3 is 0 Å². The summed E-state index contributed by atoms with van der Waals surface area (Å²) in [7, 11) is 0. The Morgan fingerprint density at radius 3 is 2.46 bits per heavy atom. The maximum atomic E-state index is 12.8. The number of hydrogen-bond donors (Lipinski definition) is 1. The van der Waals surface area contributed by atoms with Gasteiger partial charge in [0.25, 0.3) is 0 Å². The number of nitrogens with one attached hydrogen (secondary N) is 1. The van der Waals surface area contributed by atoms with E-state index in [0.717, 1.165) is 56.0 Å². The Kier molecular flexibility index (Phi) is 7.91.